The summed E-state index contributed by atoms with van der Waals surface area (Å²) in [5.74, 6) is -2.93. The Balaban J connectivity index is 0.000000345. The highest BCUT2D eigenvalue weighted by molar-refractivity contribution is 5.92. The second-order valence-corrected chi connectivity index (χ2v) is 6.81. The first-order valence-electron chi connectivity index (χ1n) is 8.85. The number of alkyl halides is 3. The molecule has 1 aromatic heterocycles. The number of carbonyl (C=O) groups excluding carboxylic acids is 1. The van der Waals surface area contributed by atoms with E-state index in [1.807, 2.05) is 0 Å². The maximum Gasteiger partial charge on any atom is 0.490 e. The Morgan fingerprint density at radius 1 is 1.36 bits per heavy atom. The SMILES string of the molecule is CC(C)N1C[C@@H](NC(=O)c2cnccn2)[C@@H]2OCCC[C@@H]21.O=C(O)C(F)(F)F. The van der Waals surface area contributed by atoms with E-state index in [4.69, 9.17) is 14.6 Å². The molecule has 156 valence electrons. The fraction of sp³-hybridized carbons (Fsp3) is 0.647. The van der Waals surface area contributed by atoms with Crippen LogP contribution in [-0.2, 0) is 9.53 Å². The molecular weight excluding hydrogens is 381 g/mol. The molecule has 0 saturated carbocycles. The van der Waals surface area contributed by atoms with Gasteiger partial charge >= 0.3 is 12.1 Å². The normalized spacial score (nSPS) is 24.9. The summed E-state index contributed by atoms with van der Waals surface area (Å²) in [4.78, 5) is 31.6. The van der Waals surface area contributed by atoms with Crippen molar-refractivity contribution < 1.29 is 32.6 Å². The quantitative estimate of drug-likeness (QED) is 0.786. The number of halogens is 3. The van der Waals surface area contributed by atoms with E-state index in [-0.39, 0.29) is 18.1 Å². The molecule has 0 radical (unpaired) electrons. The van der Waals surface area contributed by atoms with Gasteiger partial charge in [-0.25, -0.2) is 9.78 Å². The number of likely N-dealkylation sites (tertiary alicyclic amines) is 1. The maximum absolute atomic E-state index is 12.3. The van der Waals surface area contributed by atoms with Crippen LogP contribution >= 0.6 is 0 Å². The molecule has 3 rings (SSSR count). The summed E-state index contributed by atoms with van der Waals surface area (Å²) in [6.45, 7) is 6.00. The van der Waals surface area contributed by atoms with Crippen molar-refractivity contribution >= 4 is 11.9 Å². The van der Waals surface area contributed by atoms with Crippen LogP contribution < -0.4 is 5.32 Å². The van der Waals surface area contributed by atoms with Gasteiger partial charge in [0.05, 0.1) is 18.3 Å². The smallest absolute Gasteiger partial charge is 0.475 e. The van der Waals surface area contributed by atoms with Gasteiger partial charge in [0.2, 0.25) is 0 Å². The lowest BCUT2D eigenvalue weighted by molar-refractivity contribution is -0.192. The molecule has 2 aliphatic heterocycles. The molecule has 2 N–H and O–H groups in total. The zero-order valence-corrected chi connectivity index (χ0v) is 15.5. The highest BCUT2D eigenvalue weighted by atomic mass is 19.4. The first-order chi connectivity index (χ1) is 13.1. The van der Waals surface area contributed by atoms with Crippen LogP contribution in [0.4, 0.5) is 13.2 Å². The van der Waals surface area contributed by atoms with Gasteiger partial charge in [0.1, 0.15) is 5.69 Å². The topological polar surface area (TPSA) is 105 Å². The molecule has 8 nitrogen and oxygen atoms in total. The van der Waals surface area contributed by atoms with Crippen LogP contribution in [0.1, 0.15) is 37.2 Å². The van der Waals surface area contributed by atoms with Gasteiger partial charge in [0, 0.05) is 37.6 Å². The van der Waals surface area contributed by atoms with Crippen molar-refractivity contribution in [2.45, 2.75) is 57.1 Å². The molecular formula is C17H23F3N4O4. The van der Waals surface area contributed by atoms with Gasteiger partial charge in [-0.1, -0.05) is 0 Å². The Labute approximate surface area is 160 Å². The van der Waals surface area contributed by atoms with Gasteiger partial charge in [0.25, 0.3) is 5.91 Å². The lowest BCUT2D eigenvalue weighted by atomic mass is 10.0. The lowest BCUT2D eigenvalue weighted by Crippen LogP contribution is -2.48. The number of hydrogen-bond donors (Lipinski definition) is 2. The van der Waals surface area contributed by atoms with Crippen molar-refractivity contribution in [2.24, 2.45) is 0 Å². The molecule has 3 atom stereocenters. The minimum Gasteiger partial charge on any atom is -0.475 e. The van der Waals surface area contributed by atoms with Crippen molar-refractivity contribution in [1.29, 1.82) is 0 Å². The molecule has 28 heavy (non-hydrogen) atoms. The van der Waals surface area contributed by atoms with Gasteiger partial charge in [-0.2, -0.15) is 13.2 Å². The number of nitrogens with zero attached hydrogens (tertiary/aromatic N) is 3. The predicted molar refractivity (Wildman–Crippen MR) is 91.6 cm³/mol. The lowest BCUT2D eigenvalue weighted by Gasteiger charge is -2.34. The van der Waals surface area contributed by atoms with Crippen LogP contribution in [0.15, 0.2) is 18.6 Å². The van der Waals surface area contributed by atoms with E-state index in [1.165, 1.54) is 12.4 Å². The highest BCUT2D eigenvalue weighted by Gasteiger charge is 2.45. The van der Waals surface area contributed by atoms with E-state index < -0.39 is 12.1 Å². The molecule has 11 heteroatoms. The number of carbonyl (C=O) groups is 2. The minimum atomic E-state index is -5.08. The Hall–Kier alpha value is -2.27. The van der Waals surface area contributed by atoms with Gasteiger partial charge in [-0.3, -0.25) is 14.7 Å². The fourth-order valence-electron chi connectivity index (χ4n) is 3.37. The standard InChI is InChI=1S/C15H22N4O2.C2HF3O2/c1-10(2)19-9-12(14-13(19)4-3-7-21-14)18-15(20)11-8-16-5-6-17-11;3-2(4,5)1(6)7/h5-6,8,10,12-14H,3-4,7,9H2,1-2H3,(H,18,20);(H,6,7)/t12-,13+,14+;/m1./s1. The van der Waals surface area contributed by atoms with E-state index in [0.717, 1.165) is 26.0 Å². The van der Waals surface area contributed by atoms with Gasteiger partial charge in [-0.05, 0) is 26.7 Å². The molecule has 1 amide bonds. The van der Waals surface area contributed by atoms with Crippen molar-refractivity contribution in [3.63, 3.8) is 0 Å². The number of rotatable bonds is 3. The second-order valence-electron chi connectivity index (χ2n) is 6.81. The summed E-state index contributed by atoms with van der Waals surface area (Å²) in [5.41, 5.74) is 0.354. The third-order valence-electron chi connectivity index (χ3n) is 4.58. The number of fused-ring (bicyclic) bond motifs is 1. The van der Waals surface area contributed by atoms with Crippen molar-refractivity contribution in [1.82, 2.24) is 20.2 Å². The fourth-order valence-corrected chi connectivity index (χ4v) is 3.37. The second kappa shape index (κ2) is 9.28. The first kappa shape index (κ1) is 22.0. The summed E-state index contributed by atoms with van der Waals surface area (Å²) >= 11 is 0. The van der Waals surface area contributed by atoms with Crippen molar-refractivity contribution in [2.75, 3.05) is 13.2 Å². The largest absolute Gasteiger partial charge is 0.490 e. The zero-order valence-electron chi connectivity index (χ0n) is 15.5. The van der Waals surface area contributed by atoms with E-state index in [0.29, 0.717) is 17.8 Å². The van der Waals surface area contributed by atoms with Crippen LogP contribution in [0.2, 0.25) is 0 Å². The van der Waals surface area contributed by atoms with E-state index in [9.17, 15) is 18.0 Å². The summed E-state index contributed by atoms with van der Waals surface area (Å²) in [6.07, 6.45) is 1.82. The van der Waals surface area contributed by atoms with E-state index in [2.05, 4.69) is 34.0 Å². The Morgan fingerprint density at radius 2 is 2.04 bits per heavy atom. The number of amides is 1. The van der Waals surface area contributed by atoms with E-state index in [1.54, 1.807) is 6.20 Å². The van der Waals surface area contributed by atoms with Crippen LogP contribution in [0, 0.1) is 0 Å². The summed E-state index contributed by atoms with van der Waals surface area (Å²) in [7, 11) is 0. The van der Waals surface area contributed by atoms with Crippen LogP contribution in [0.3, 0.4) is 0 Å². The van der Waals surface area contributed by atoms with Crippen LogP contribution in [0.25, 0.3) is 0 Å². The molecule has 2 aliphatic rings. The number of carboxylic acid groups (broad SMARTS) is 1. The van der Waals surface area contributed by atoms with Crippen molar-refractivity contribution in [3.8, 4) is 0 Å². The highest BCUT2D eigenvalue weighted by Crippen LogP contribution is 2.30. The molecule has 1 aromatic rings. The van der Waals surface area contributed by atoms with E-state index >= 15 is 0 Å². The average molecular weight is 404 g/mol. The third-order valence-corrected chi connectivity index (χ3v) is 4.58. The number of aliphatic carboxylic acids is 1. The molecule has 3 heterocycles. The molecule has 2 saturated heterocycles. The maximum atomic E-state index is 12.3. The van der Waals surface area contributed by atoms with Crippen molar-refractivity contribution in [3.05, 3.63) is 24.3 Å². The monoisotopic (exact) mass is 404 g/mol. The van der Waals surface area contributed by atoms with Gasteiger partial charge in [-0.15, -0.1) is 0 Å². The number of nitrogens with one attached hydrogen (secondary N) is 1. The van der Waals surface area contributed by atoms with Gasteiger partial charge < -0.3 is 15.2 Å². The summed E-state index contributed by atoms with van der Waals surface area (Å²) in [6, 6.07) is 0.885. The number of carboxylic acids is 1. The molecule has 0 spiro atoms. The number of ether oxygens (including phenoxy) is 1. The molecule has 2 fully saturated rings. The molecule has 0 bridgehead atoms. The van der Waals surface area contributed by atoms with Gasteiger partial charge in [0.15, 0.2) is 0 Å². The molecule has 0 unspecified atom stereocenters. The Kier molecular flexibility index (Phi) is 7.30. The predicted octanol–water partition coefficient (Wildman–Crippen LogP) is 1.48. The minimum absolute atomic E-state index is 0.0206. The first-order valence-corrected chi connectivity index (χ1v) is 8.85. The Morgan fingerprint density at radius 3 is 2.57 bits per heavy atom. The summed E-state index contributed by atoms with van der Waals surface area (Å²) in [5, 5.41) is 10.2. The third kappa shape index (κ3) is 5.61. The number of aromatic nitrogens is 2. The number of hydrogen-bond acceptors (Lipinski definition) is 6. The average Bonchev–Trinajstić information content (AvgIpc) is 3.01. The van der Waals surface area contributed by atoms with Crippen LogP contribution in [0.5, 0.6) is 0 Å². The zero-order chi connectivity index (χ0) is 20.9. The Bertz CT molecular complexity index is 672. The summed E-state index contributed by atoms with van der Waals surface area (Å²) < 4.78 is 37.7. The molecule has 0 aromatic carbocycles. The van der Waals surface area contributed by atoms with Crippen LogP contribution in [-0.4, -0.2) is 75.4 Å². The molecule has 0 aliphatic carbocycles.